The first-order chi connectivity index (χ1) is 9.40. The van der Waals surface area contributed by atoms with E-state index in [1.54, 1.807) is 25.3 Å². The molecule has 20 heavy (non-hydrogen) atoms. The van der Waals surface area contributed by atoms with Gasteiger partial charge in [-0.2, -0.15) is 0 Å². The maximum absolute atomic E-state index is 10.9. The second-order valence-electron chi connectivity index (χ2n) is 4.87. The highest BCUT2D eigenvalue weighted by atomic mass is 16.6. The molecular formula is C15H17N3O2. The summed E-state index contributed by atoms with van der Waals surface area (Å²) in [5.41, 5.74) is 4.62. The molecule has 1 heterocycles. The summed E-state index contributed by atoms with van der Waals surface area (Å²) < 4.78 is 2.08. The molecule has 0 amide bonds. The van der Waals surface area contributed by atoms with E-state index in [9.17, 15) is 10.1 Å². The van der Waals surface area contributed by atoms with Crippen LogP contribution in [0, 0.1) is 30.9 Å². The van der Waals surface area contributed by atoms with Crippen molar-refractivity contribution in [3.63, 3.8) is 0 Å². The molecule has 5 heteroatoms. The lowest BCUT2D eigenvalue weighted by molar-refractivity contribution is -0.385. The second kappa shape index (κ2) is 5.28. The third-order valence-corrected chi connectivity index (χ3v) is 3.56. The summed E-state index contributed by atoms with van der Waals surface area (Å²) in [5, 5.41) is 10.9. The molecule has 0 spiro atoms. The molecule has 2 aromatic rings. The molecule has 5 nitrogen and oxygen atoms in total. The molecule has 0 radical (unpaired) electrons. The SMILES string of the molecule is Cc1ccc(N=Cc2cc(C)n(C)c2C)cc1[N+](=O)[O-]. The van der Waals surface area contributed by atoms with Crippen LogP contribution in [0.5, 0.6) is 0 Å². The predicted molar refractivity (Wildman–Crippen MR) is 80.0 cm³/mol. The van der Waals surface area contributed by atoms with Gasteiger partial charge in [0.25, 0.3) is 5.69 Å². The first-order valence-electron chi connectivity index (χ1n) is 6.32. The van der Waals surface area contributed by atoms with Crippen molar-refractivity contribution in [1.29, 1.82) is 0 Å². The van der Waals surface area contributed by atoms with Gasteiger partial charge in [0.2, 0.25) is 0 Å². The average Bonchev–Trinajstić information content (AvgIpc) is 2.65. The van der Waals surface area contributed by atoms with Gasteiger partial charge in [0, 0.05) is 41.8 Å². The number of aliphatic imine (C=N–C) groups is 1. The number of nitro groups is 1. The van der Waals surface area contributed by atoms with Crippen LogP contribution in [0.25, 0.3) is 0 Å². The van der Waals surface area contributed by atoms with Gasteiger partial charge in [-0.3, -0.25) is 15.1 Å². The zero-order valence-corrected chi connectivity index (χ0v) is 12.0. The molecule has 0 N–H and O–H groups in total. The quantitative estimate of drug-likeness (QED) is 0.486. The van der Waals surface area contributed by atoms with Crippen LogP contribution in [0.2, 0.25) is 0 Å². The first-order valence-corrected chi connectivity index (χ1v) is 6.32. The van der Waals surface area contributed by atoms with Gasteiger partial charge in [-0.1, -0.05) is 6.07 Å². The van der Waals surface area contributed by atoms with Crippen molar-refractivity contribution in [2.24, 2.45) is 12.0 Å². The van der Waals surface area contributed by atoms with Gasteiger partial charge in [-0.15, -0.1) is 0 Å². The van der Waals surface area contributed by atoms with Crippen molar-refractivity contribution in [1.82, 2.24) is 4.57 Å². The Kier molecular flexibility index (Phi) is 3.70. The molecule has 0 bridgehead atoms. The fourth-order valence-corrected chi connectivity index (χ4v) is 2.03. The number of hydrogen-bond donors (Lipinski definition) is 0. The summed E-state index contributed by atoms with van der Waals surface area (Å²) in [6.45, 7) is 5.77. The number of hydrogen-bond acceptors (Lipinski definition) is 3. The standard InChI is InChI=1S/C15H17N3O2/c1-10-5-6-14(8-15(10)18(19)20)16-9-13-7-11(2)17(4)12(13)3/h5-9H,1-4H3. The largest absolute Gasteiger partial charge is 0.352 e. The lowest BCUT2D eigenvalue weighted by atomic mass is 10.2. The highest BCUT2D eigenvalue weighted by molar-refractivity contribution is 5.84. The highest BCUT2D eigenvalue weighted by Gasteiger charge is 2.10. The van der Waals surface area contributed by atoms with Gasteiger partial charge < -0.3 is 4.57 Å². The van der Waals surface area contributed by atoms with Crippen molar-refractivity contribution in [3.8, 4) is 0 Å². The van der Waals surface area contributed by atoms with E-state index < -0.39 is 0 Å². The van der Waals surface area contributed by atoms with Crippen LogP contribution in [0.4, 0.5) is 11.4 Å². The Morgan fingerprint density at radius 2 is 1.95 bits per heavy atom. The van der Waals surface area contributed by atoms with Gasteiger partial charge in [0.05, 0.1) is 10.6 Å². The van der Waals surface area contributed by atoms with Crippen LogP contribution in [0.1, 0.15) is 22.5 Å². The fourth-order valence-electron chi connectivity index (χ4n) is 2.03. The average molecular weight is 271 g/mol. The predicted octanol–water partition coefficient (Wildman–Crippen LogP) is 3.61. The van der Waals surface area contributed by atoms with Gasteiger partial charge in [-0.25, -0.2) is 0 Å². The monoisotopic (exact) mass is 271 g/mol. The third kappa shape index (κ3) is 2.61. The maximum atomic E-state index is 10.9. The van der Waals surface area contributed by atoms with Crippen LogP contribution in [-0.4, -0.2) is 15.7 Å². The Morgan fingerprint density at radius 1 is 1.25 bits per heavy atom. The maximum Gasteiger partial charge on any atom is 0.274 e. The molecule has 0 atom stereocenters. The van der Waals surface area contributed by atoms with Crippen molar-refractivity contribution in [3.05, 3.63) is 56.9 Å². The Labute approximate surface area is 117 Å². The lowest BCUT2D eigenvalue weighted by Crippen LogP contribution is -1.94. The van der Waals surface area contributed by atoms with Crippen LogP contribution >= 0.6 is 0 Å². The van der Waals surface area contributed by atoms with E-state index in [1.807, 2.05) is 27.0 Å². The van der Waals surface area contributed by atoms with Crippen molar-refractivity contribution >= 4 is 17.6 Å². The van der Waals surface area contributed by atoms with Gasteiger partial charge in [0.1, 0.15) is 0 Å². The van der Waals surface area contributed by atoms with Crippen LogP contribution < -0.4 is 0 Å². The number of nitrogens with zero attached hydrogens (tertiary/aromatic N) is 3. The normalized spacial score (nSPS) is 11.2. The molecule has 0 aliphatic carbocycles. The molecular weight excluding hydrogens is 254 g/mol. The summed E-state index contributed by atoms with van der Waals surface area (Å²) in [6, 6.07) is 7.04. The molecule has 2 rings (SSSR count). The van der Waals surface area contributed by atoms with Crippen LogP contribution in [0.15, 0.2) is 29.3 Å². The van der Waals surface area contributed by atoms with E-state index >= 15 is 0 Å². The molecule has 1 aromatic heterocycles. The second-order valence-corrected chi connectivity index (χ2v) is 4.87. The Balaban J connectivity index is 2.34. The Morgan fingerprint density at radius 3 is 2.50 bits per heavy atom. The number of nitro benzene ring substituents is 1. The summed E-state index contributed by atoms with van der Waals surface area (Å²) in [7, 11) is 2.00. The molecule has 1 aromatic carbocycles. The van der Waals surface area contributed by atoms with E-state index in [0.29, 0.717) is 11.3 Å². The lowest BCUT2D eigenvalue weighted by Gasteiger charge is -2.00. The topological polar surface area (TPSA) is 60.4 Å². The summed E-state index contributed by atoms with van der Waals surface area (Å²) in [4.78, 5) is 14.9. The van der Waals surface area contributed by atoms with E-state index in [-0.39, 0.29) is 10.6 Å². The number of rotatable bonds is 3. The highest BCUT2D eigenvalue weighted by Crippen LogP contribution is 2.24. The molecule has 0 aliphatic heterocycles. The van der Waals surface area contributed by atoms with Crippen molar-refractivity contribution < 1.29 is 4.92 Å². The van der Waals surface area contributed by atoms with Crippen molar-refractivity contribution in [2.45, 2.75) is 20.8 Å². The Bertz CT molecular complexity index is 699. The first kappa shape index (κ1) is 14.0. The minimum absolute atomic E-state index is 0.0978. The summed E-state index contributed by atoms with van der Waals surface area (Å²) in [5.74, 6) is 0. The third-order valence-electron chi connectivity index (χ3n) is 3.56. The van der Waals surface area contributed by atoms with E-state index in [1.165, 1.54) is 6.07 Å². The summed E-state index contributed by atoms with van der Waals surface area (Å²) in [6.07, 6.45) is 1.75. The summed E-state index contributed by atoms with van der Waals surface area (Å²) >= 11 is 0. The molecule has 0 saturated carbocycles. The molecule has 0 saturated heterocycles. The molecule has 104 valence electrons. The van der Waals surface area contributed by atoms with Gasteiger partial charge in [-0.05, 0) is 32.9 Å². The number of aryl methyl sites for hydroxylation is 2. The minimum Gasteiger partial charge on any atom is -0.352 e. The molecule has 0 aliphatic rings. The molecule has 0 fully saturated rings. The van der Waals surface area contributed by atoms with Gasteiger partial charge >= 0.3 is 0 Å². The molecule has 0 unspecified atom stereocenters. The zero-order valence-electron chi connectivity index (χ0n) is 12.0. The number of aromatic nitrogens is 1. The zero-order chi connectivity index (χ0) is 14.9. The minimum atomic E-state index is -0.383. The Hall–Kier alpha value is -2.43. The van der Waals surface area contributed by atoms with Crippen molar-refractivity contribution in [2.75, 3.05) is 0 Å². The number of benzene rings is 1. The van der Waals surface area contributed by atoms with E-state index in [0.717, 1.165) is 17.0 Å². The smallest absolute Gasteiger partial charge is 0.274 e. The van der Waals surface area contributed by atoms with Gasteiger partial charge in [0.15, 0.2) is 0 Å². The van der Waals surface area contributed by atoms with E-state index in [2.05, 4.69) is 9.56 Å². The van der Waals surface area contributed by atoms with Crippen LogP contribution in [0.3, 0.4) is 0 Å². The van der Waals surface area contributed by atoms with Crippen LogP contribution in [-0.2, 0) is 7.05 Å². The van der Waals surface area contributed by atoms with E-state index in [4.69, 9.17) is 0 Å². The fraction of sp³-hybridized carbons (Fsp3) is 0.267.